The molecule has 8 heteroatoms. The molecule has 298 valence electrons. The first kappa shape index (κ1) is 43.3. The summed E-state index contributed by atoms with van der Waals surface area (Å²) in [4.78, 5) is 0. The van der Waals surface area contributed by atoms with Crippen LogP contribution in [0.4, 0.5) is 5.69 Å². The summed E-state index contributed by atoms with van der Waals surface area (Å²) in [5, 5.41) is 6.66. The standard InChI is InChI=1S/C48H63NO4P2Si/c1-10-13-32-56(33-14-11-2,34-15-12-3)47-35-37(4)48(38(5)36-47)49(54(43-24-16-39(50-6)17-25-43)44-26-18-40(51-7)19-27-44)55(45-28-20-41(52-8)21-29-45)46-30-22-42(53-9)23-31-46/h16-31,35-36H,10-15,32-34H2,1-9H3. The van der Waals surface area contributed by atoms with Crippen LogP contribution in [-0.4, -0.2) is 36.5 Å². The molecular weight excluding hydrogens is 745 g/mol. The van der Waals surface area contributed by atoms with E-state index in [1.807, 2.05) is 0 Å². The monoisotopic (exact) mass is 807 g/mol. The third kappa shape index (κ3) is 10.2. The van der Waals surface area contributed by atoms with Crippen molar-refractivity contribution in [1.29, 1.82) is 0 Å². The van der Waals surface area contributed by atoms with Crippen molar-refractivity contribution in [3.8, 4) is 23.0 Å². The second kappa shape index (κ2) is 21.1. The Labute approximate surface area is 341 Å². The van der Waals surface area contributed by atoms with Crippen LogP contribution >= 0.6 is 16.1 Å². The topological polar surface area (TPSA) is 40.2 Å². The van der Waals surface area contributed by atoms with Crippen LogP contribution in [0.5, 0.6) is 23.0 Å². The Bertz CT molecular complexity index is 1700. The van der Waals surface area contributed by atoms with Crippen molar-refractivity contribution in [2.75, 3.05) is 32.9 Å². The molecule has 0 aliphatic carbocycles. The van der Waals surface area contributed by atoms with E-state index in [2.05, 4.69) is 148 Å². The molecule has 5 aromatic carbocycles. The first-order chi connectivity index (χ1) is 27.3. The minimum absolute atomic E-state index is 0.849. The molecule has 5 rings (SSSR count). The Kier molecular flexibility index (Phi) is 16.3. The molecule has 0 spiro atoms. The van der Waals surface area contributed by atoms with Crippen LogP contribution in [0.15, 0.2) is 109 Å². The molecule has 0 atom stereocenters. The lowest BCUT2D eigenvalue weighted by atomic mass is 10.1. The minimum atomic E-state index is -1.77. The number of methoxy groups -OCH3 is 4. The number of benzene rings is 5. The van der Waals surface area contributed by atoms with Gasteiger partial charge in [-0.15, -0.1) is 0 Å². The summed E-state index contributed by atoms with van der Waals surface area (Å²) in [5.41, 5.74) is 4.02. The summed E-state index contributed by atoms with van der Waals surface area (Å²) in [6.07, 6.45) is 7.68. The number of hydrogen-bond acceptors (Lipinski definition) is 5. The average Bonchev–Trinajstić information content (AvgIpc) is 3.24. The van der Waals surface area contributed by atoms with Crippen LogP contribution in [-0.2, 0) is 0 Å². The number of unbranched alkanes of at least 4 members (excludes halogenated alkanes) is 3. The lowest BCUT2D eigenvalue weighted by Crippen LogP contribution is -2.48. The van der Waals surface area contributed by atoms with E-state index in [-0.39, 0.29) is 0 Å². The molecule has 56 heavy (non-hydrogen) atoms. The molecule has 0 aliphatic heterocycles. The fourth-order valence-corrected chi connectivity index (χ4v) is 19.8. The van der Waals surface area contributed by atoms with E-state index in [4.69, 9.17) is 18.9 Å². The maximum absolute atomic E-state index is 5.69. The van der Waals surface area contributed by atoms with Crippen LogP contribution in [0.25, 0.3) is 0 Å². The van der Waals surface area contributed by atoms with E-state index >= 15 is 0 Å². The van der Waals surface area contributed by atoms with Gasteiger partial charge >= 0.3 is 0 Å². The molecule has 0 radical (unpaired) electrons. The van der Waals surface area contributed by atoms with Crippen molar-refractivity contribution in [3.05, 3.63) is 120 Å². The van der Waals surface area contributed by atoms with Gasteiger partial charge in [0.05, 0.1) is 58.3 Å². The van der Waals surface area contributed by atoms with Gasteiger partial charge in [0.15, 0.2) is 0 Å². The normalized spacial score (nSPS) is 11.6. The summed E-state index contributed by atoms with van der Waals surface area (Å²) in [6, 6.07) is 44.3. The predicted molar refractivity (Wildman–Crippen MR) is 247 cm³/mol. The Morgan fingerprint density at radius 1 is 0.446 bits per heavy atom. The third-order valence-corrected chi connectivity index (χ3v) is 21.8. The van der Waals surface area contributed by atoms with Crippen LogP contribution in [0.3, 0.4) is 0 Å². The van der Waals surface area contributed by atoms with Gasteiger partial charge in [-0.3, -0.25) is 0 Å². The minimum Gasteiger partial charge on any atom is -0.497 e. The second-order valence-electron chi connectivity index (χ2n) is 14.8. The van der Waals surface area contributed by atoms with Gasteiger partial charge in [-0.1, -0.05) is 94.7 Å². The van der Waals surface area contributed by atoms with Crippen molar-refractivity contribution < 1.29 is 18.9 Å². The number of nitrogens with zero attached hydrogens (tertiary/aromatic N) is 1. The van der Waals surface area contributed by atoms with Crippen molar-refractivity contribution in [2.24, 2.45) is 0 Å². The van der Waals surface area contributed by atoms with E-state index < -0.39 is 24.2 Å². The highest BCUT2D eigenvalue weighted by atomic mass is 31.2. The number of hydrogen-bond donors (Lipinski definition) is 0. The molecule has 0 aromatic heterocycles. The first-order valence-corrected chi connectivity index (χ1v) is 25.5. The zero-order valence-electron chi connectivity index (χ0n) is 35.2. The van der Waals surface area contributed by atoms with Crippen LogP contribution in [0.1, 0.15) is 70.4 Å². The lowest BCUT2D eigenvalue weighted by Gasteiger charge is -2.43. The molecular formula is C48H63NO4P2Si. The van der Waals surface area contributed by atoms with Gasteiger partial charge in [0.25, 0.3) is 0 Å². The number of ether oxygens (including phenoxy) is 4. The molecule has 0 saturated heterocycles. The number of rotatable bonds is 21. The Morgan fingerprint density at radius 3 is 0.946 bits per heavy atom. The fraction of sp³-hybridized carbons (Fsp3) is 0.375. The molecule has 0 heterocycles. The van der Waals surface area contributed by atoms with Crippen molar-refractivity contribution in [3.63, 3.8) is 0 Å². The van der Waals surface area contributed by atoms with E-state index in [0.29, 0.717) is 0 Å². The molecule has 0 N–H and O–H groups in total. The quantitative estimate of drug-likeness (QED) is 0.0546. The average molecular weight is 808 g/mol. The Hall–Kier alpha value is -3.82. The molecule has 0 saturated carbocycles. The lowest BCUT2D eigenvalue weighted by molar-refractivity contribution is 0.415. The fourth-order valence-electron chi connectivity index (χ4n) is 7.85. The van der Waals surface area contributed by atoms with E-state index in [0.717, 1.165) is 23.0 Å². The Balaban J connectivity index is 1.87. The number of aryl methyl sites for hydroxylation is 2. The van der Waals surface area contributed by atoms with Gasteiger partial charge in [-0.2, -0.15) is 0 Å². The van der Waals surface area contributed by atoms with E-state index in [1.165, 1.54) is 94.7 Å². The molecule has 5 aromatic rings. The van der Waals surface area contributed by atoms with E-state index in [9.17, 15) is 0 Å². The maximum atomic E-state index is 5.69. The zero-order valence-corrected chi connectivity index (χ0v) is 38.0. The summed E-state index contributed by atoms with van der Waals surface area (Å²) < 4.78 is 25.6. The highest BCUT2D eigenvalue weighted by Crippen LogP contribution is 2.59. The first-order valence-electron chi connectivity index (χ1n) is 20.3. The molecule has 0 unspecified atom stereocenters. The van der Waals surface area contributed by atoms with Crippen molar-refractivity contribution in [1.82, 2.24) is 0 Å². The molecule has 5 nitrogen and oxygen atoms in total. The summed E-state index contributed by atoms with van der Waals surface area (Å²) >= 11 is 0. The molecule has 0 amide bonds. The summed E-state index contributed by atoms with van der Waals surface area (Å²) in [5.74, 6) is 3.40. The highest BCUT2D eigenvalue weighted by Gasteiger charge is 2.37. The summed E-state index contributed by atoms with van der Waals surface area (Å²) in [6.45, 7) is 11.8. The van der Waals surface area contributed by atoms with Crippen LogP contribution < -0.4 is 49.8 Å². The second-order valence-corrected chi connectivity index (χ2v) is 23.8. The van der Waals surface area contributed by atoms with Crippen LogP contribution in [0, 0.1) is 13.8 Å². The predicted octanol–water partition coefficient (Wildman–Crippen LogP) is 11.3. The Morgan fingerprint density at radius 2 is 0.714 bits per heavy atom. The third-order valence-electron chi connectivity index (χ3n) is 11.0. The summed E-state index contributed by atoms with van der Waals surface area (Å²) in [7, 11) is 2.91. The smallest absolute Gasteiger partial charge is 0.118 e. The van der Waals surface area contributed by atoms with Gasteiger partial charge in [-0.25, -0.2) is 0 Å². The molecule has 0 bridgehead atoms. The highest BCUT2D eigenvalue weighted by molar-refractivity contribution is 7.90. The zero-order chi connectivity index (χ0) is 40.1. The van der Waals surface area contributed by atoms with Gasteiger partial charge in [0, 0.05) is 21.2 Å². The van der Waals surface area contributed by atoms with Gasteiger partial charge in [-0.05, 0) is 122 Å². The van der Waals surface area contributed by atoms with Gasteiger partial charge in [0.2, 0.25) is 0 Å². The van der Waals surface area contributed by atoms with Crippen molar-refractivity contribution in [2.45, 2.75) is 91.3 Å². The van der Waals surface area contributed by atoms with E-state index in [1.54, 1.807) is 33.6 Å². The van der Waals surface area contributed by atoms with Crippen molar-refractivity contribution >= 4 is 56.3 Å². The van der Waals surface area contributed by atoms with Gasteiger partial charge < -0.3 is 23.4 Å². The largest absolute Gasteiger partial charge is 0.497 e. The maximum Gasteiger partial charge on any atom is 0.118 e. The number of anilines is 1. The molecule has 0 aliphatic rings. The molecule has 0 fully saturated rings. The van der Waals surface area contributed by atoms with Crippen LogP contribution in [0.2, 0.25) is 18.1 Å². The van der Waals surface area contributed by atoms with Gasteiger partial charge in [0.1, 0.15) is 23.0 Å². The SMILES string of the molecule is CCCC[Si](CCCC)(CCCC)c1cc(C)c(N(P(c2ccc(OC)cc2)c2ccc(OC)cc2)P(c2ccc(OC)cc2)c2ccc(OC)cc2)c(C)c1.